The molecule has 0 spiro atoms. The quantitative estimate of drug-likeness (QED) is 0.560. The fourth-order valence-corrected chi connectivity index (χ4v) is 1.28. The van der Waals surface area contributed by atoms with Crippen molar-refractivity contribution in [2.24, 2.45) is 0 Å². The van der Waals surface area contributed by atoms with Gasteiger partial charge in [-0.1, -0.05) is 11.6 Å². The van der Waals surface area contributed by atoms with Gasteiger partial charge in [0.15, 0.2) is 0 Å². The second kappa shape index (κ2) is 4.42. The topological polar surface area (TPSA) is 39.2 Å². The van der Waals surface area contributed by atoms with E-state index in [2.05, 4.69) is 4.98 Å². The average molecular weight is 214 g/mol. The highest BCUT2D eigenvalue weighted by Crippen LogP contribution is 2.12. The van der Waals surface area contributed by atoms with E-state index >= 15 is 0 Å². The van der Waals surface area contributed by atoms with E-state index in [9.17, 15) is 4.79 Å². The molecule has 0 aromatic carbocycles. The first-order valence-electron chi connectivity index (χ1n) is 4.34. The van der Waals surface area contributed by atoms with E-state index in [1.807, 2.05) is 0 Å². The number of carbonyl (C=O) groups is 1. The van der Waals surface area contributed by atoms with Gasteiger partial charge >= 0.3 is 5.97 Å². The molecule has 0 amide bonds. The van der Waals surface area contributed by atoms with Crippen LogP contribution in [-0.2, 0) is 4.74 Å². The summed E-state index contributed by atoms with van der Waals surface area (Å²) >= 11 is 5.71. The number of rotatable bonds is 2. The van der Waals surface area contributed by atoms with Crippen LogP contribution in [-0.4, -0.2) is 17.1 Å². The molecule has 0 saturated carbocycles. The maximum atomic E-state index is 11.5. The molecule has 1 rings (SSSR count). The Kier molecular flexibility index (Phi) is 3.47. The third-order valence-electron chi connectivity index (χ3n) is 1.50. The Balaban J connectivity index is 2.90. The average Bonchev–Trinajstić information content (AvgIpc) is 2.00. The molecular weight excluding hydrogens is 202 g/mol. The van der Waals surface area contributed by atoms with Crippen LogP contribution in [0.1, 0.15) is 29.9 Å². The number of halogens is 1. The lowest BCUT2D eigenvalue weighted by Crippen LogP contribution is -2.12. The van der Waals surface area contributed by atoms with Gasteiger partial charge in [0.1, 0.15) is 5.15 Å². The van der Waals surface area contributed by atoms with Crippen molar-refractivity contribution < 1.29 is 9.53 Å². The number of hydrogen-bond acceptors (Lipinski definition) is 3. The van der Waals surface area contributed by atoms with Crippen LogP contribution >= 0.6 is 11.6 Å². The molecule has 1 aromatic rings. The number of aryl methyl sites for hydroxylation is 1. The Morgan fingerprint density at radius 1 is 1.50 bits per heavy atom. The highest BCUT2D eigenvalue weighted by Gasteiger charge is 2.10. The van der Waals surface area contributed by atoms with Crippen molar-refractivity contribution in [2.75, 3.05) is 0 Å². The Morgan fingerprint density at radius 2 is 2.14 bits per heavy atom. The summed E-state index contributed by atoms with van der Waals surface area (Å²) in [6, 6.07) is 3.15. The highest BCUT2D eigenvalue weighted by atomic mass is 35.5. The molecule has 14 heavy (non-hydrogen) atoms. The summed E-state index contributed by atoms with van der Waals surface area (Å²) in [4.78, 5) is 15.4. The van der Waals surface area contributed by atoms with Gasteiger partial charge in [-0.3, -0.25) is 0 Å². The van der Waals surface area contributed by atoms with Gasteiger partial charge in [-0.15, -0.1) is 0 Å². The van der Waals surface area contributed by atoms with Crippen LogP contribution < -0.4 is 0 Å². The van der Waals surface area contributed by atoms with Gasteiger partial charge in [-0.05, 0) is 32.9 Å². The second-order valence-corrected chi connectivity index (χ2v) is 3.66. The normalized spacial score (nSPS) is 10.4. The van der Waals surface area contributed by atoms with Crippen molar-refractivity contribution in [3.63, 3.8) is 0 Å². The summed E-state index contributed by atoms with van der Waals surface area (Å²) in [6.07, 6.45) is -0.130. The summed E-state index contributed by atoms with van der Waals surface area (Å²) in [5.74, 6) is -0.368. The first-order chi connectivity index (χ1) is 6.49. The SMILES string of the molecule is Cc1cc(C(=O)OC(C)C)cc(Cl)n1. The first kappa shape index (κ1) is 11.0. The number of hydrogen-bond donors (Lipinski definition) is 0. The van der Waals surface area contributed by atoms with Gasteiger partial charge in [0.05, 0.1) is 11.7 Å². The maximum Gasteiger partial charge on any atom is 0.338 e. The molecule has 0 saturated heterocycles. The van der Waals surface area contributed by atoms with Crippen molar-refractivity contribution in [3.05, 3.63) is 28.5 Å². The van der Waals surface area contributed by atoms with Crippen molar-refractivity contribution in [3.8, 4) is 0 Å². The van der Waals surface area contributed by atoms with Crippen LogP contribution in [0.25, 0.3) is 0 Å². The van der Waals surface area contributed by atoms with E-state index in [1.165, 1.54) is 6.07 Å². The minimum absolute atomic E-state index is 0.130. The molecule has 1 aromatic heterocycles. The number of carbonyl (C=O) groups excluding carboxylic acids is 1. The molecule has 3 nitrogen and oxygen atoms in total. The van der Waals surface area contributed by atoms with E-state index in [0.717, 1.165) is 0 Å². The van der Waals surface area contributed by atoms with E-state index < -0.39 is 0 Å². The third-order valence-corrected chi connectivity index (χ3v) is 1.69. The zero-order valence-corrected chi connectivity index (χ0v) is 9.13. The van der Waals surface area contributed by atoms with E-state index in [4.69, 9.17) is 16.3 Å². The zero-order valence-electron chi connectivity index (χ0n) is 8.37. The molecule has 0 fully saturated rings. The molecule has 0 radical (unpaired) electrons. The first-order valence-corrected chi connectivity index (χ1v) is 4.72. The summed E-state index contributed by atoms with van der Waals surface area (Å²) in [6.45, 7) is 5.37. The predicted octanol–water partition coefficient (Wildman–Crippen LogP) is 2.61. The van der Waals surface area contributed by atoms with Crippen molar-refractivity contribution in [2.45, 2.75) is 26.9 Å². The lowest BCUT2D eigenvalue weighted by atomic mass is 10.2. The molecule has 0 atom stereocenters. The lowest BCUT2D eigenvalue weighted by Gasteiger charge is -2.08. The van der Waals surface area contributed by atoms with E-state index in [0.29, 0.717) is 16.4 Å². The Hall–Kier alpha value is -1.09. The fourth-order valence-electron chi connectivity index (χ4n) is 1.03. The van der Waals surface area contributed by atoms with Crippen molar-refractivity contribution in [1.82, 2.24) is 4.98 Å². The largest absolute Gasteiger partial charge is 0.459 e. The lowest BCUT2D eigenvalue weighted by molar-refractivity contribution is 0.0377. The van der Waals surface area contributed by atoms with Gasteiger partial charge in [0, 0.05) is 5.69 Å². The molecule has 76 valence electrons. The predicted molar refractivity (Wildman–Crippen MR) is 54.5 cm³/mol. The number of esters is 1. The Bertz CT molecular complexity index is 330. The minimum Gasteiger partial charge on any atom is -0.459 e. The zero-order chi connectivity index (χ0) is 10.7. The molecule has 0 aliphatic heterocycles. The fraction of sp³-hybridized carbons (Fsp3) is 0.400. The molecule has 0 bridgehead atoms. The van der Waals surface area contributed by atoms with Gasteiger partial charge in [0.25, 0.3) is 0 Å². The molecule has 1 heterocycles. The van der Waals surface area contributed by atoms with E-state index in [1.54, 1.807) is 26.8 Å². The van der Waals surface area contributed by atoms with Crippen LogP contribution in [0.2, 0.25) is 5.15 Å². The minimum atomic E-state index is -0.368. The van der Waals surface area contributed by atoms with E-state index in [-0.39, 0.29) is 12.1 Å². The monoisotopic (exact) mass is 213 g/mol. The van der Waals surface area contributed by atoms with Crippen LogP contribution in [0.4, 0.5) is 0 Å². The number of pyridine rings is 1. The van der Waals surface area contributed by atoms with Crippen LogP contribution in [0.5, 0.6) is 0 Å². The Labute approximate surface area is 88.1 Å². The Morgan fingerprint density at radius 3 is 2.64 bits per heavy atom. The second-order valence-electron chi connectivity index (χ2n) is 3.27. The summed E-state index contributed by atoms with van der Waals surface area (Å²) in [5, 5.41) is 0.306. The number of aromatic nitrogens is 1. The van der Waals surface area contributed by atoms with Gasteiger partial charge in [0.2, 0.25) is 0 Å². The molecule has 0 aliphatic carbocycles. The molecule has 4 heteroatoms. The van der Waals surface area contributed by atoms with Crippen molar-refractivity contribution >= 4 is 17.6 Å². The maximum absolute atomic E-state index is 11.5. The highest BCUT2D eigenvalue weighted by molar-refractivity contribution is 6.29. The molecule has 0 aliphatic rings. The van der Waals surface area contributed by atoms with Crippen LogP contribution in [0.15, 0.2) is 12.1 Å². The molecular formula is C10H12ClNO2. The summed E-state index contributed by atoms with van der Waals surface area (Å²) < 4.78 is 5.02. The smallest absolute Gasteiger partial charge is 0.338 e. The third kappa shape index (κ3) is 3.00. The summed E-state index contributed by atoms with van der Waals surface area (Å²) in [7, 11) is 0. The number of ether oxygens (including phenoxy) is 1. The van der Waals surface area contributed by atoms with Crippen LogP contribution in [0.3, 0.4) is 0 Å². The standard InChI is InChI=1S/C10H12ClNO2/c1-6(2)14-10(13)8-4-7(3)12-9(11)5-8/h4-6H,1-3H3. The van der Waals surface area contributed by atoms with Crippen LogP contribution in [0, 0.1) is 6.92 Å². The van der Waals surface area contributed by atoms with Gasteiger partial charge < -0.3 is 4.74 Å². The molecule has 0 unspecified atom stereocenters. The number of nitrogens with zero attached hydrogens (tertiary/aromatic N) is 1. The summed E-state index contributed by atoms with van der Waals surface area (Å²) in [5.41, 5.74) is 1.14. The van der Waals surface area contributed by atoms with Gasteiger partial charge in [-0.2, -0.15) is 0 Å². The molecule has 0 N–H and O–H groups in total. The van der Waals surface area contributed by atoms with Crippen molar-refractivity contribution in [1.29, 1.82) is 0 Å². The van der Waals surface area contributed by atoms with Gasteiger partial charge in [-0.25, -0.2) is 9.78 Å².